The lowest BCUT2D eigenvalue weighted by atomic mass is 9.96. The van der Waals surface area contributed by atoms with Crippen LogP contribution < -0.4 is 5.32 Å². The minimum Gasteiger partial charge on any atom is -0.373 e. The third-order valence-corrected chi connectivity index (χ3v) is 4.67. The van der Waals surface area contributed by atoms with Crippen LogP contribution in [0.5, 0.6) is 0 Å². The van der Waals surface area contributed by atoms with Gasteiger partial charge in [-0.3, -0.25) is 9.97 Å². The minimum absolute atomic E-state index is 0.746. The molecule has 0 amide bonds. The second kappa shape index (κ2) is 7.50. The first-order valence-electron chi connectivity index (χ1n) is 9.13. The summed E-state index contributed by atoms with van der Waals surface area (Å²) in [5.41, 5.74) is 7.02. The SMILES string of the molecule is CNc1ccc(-c2c(C)cncc2C)c(C#Cc2ccc3ncccc3c2)n1. The Bertz CT molecular complexity index is 1210. The van der Waals surface area contributed by atoms with Gasteiger partial charge < -0.3 is 5.32 Å². The van der Waals surface area contributed by atoms with E-state index in [9.17, 15) is 0 Å². The Kier molecular flexibility index (Phi) is 4.74. The number of hydrogen-bond donors (Lipinski definition) is 1. The lowest BCUT2D eigenvalue weighted by molar-refractivity contribution is 1.20. The molecular weight excluding hydrogens is 344 g/mol. The van der Waals surface area contributed by atoms with Crippen LogP contribution in [0.15, 0.2) is 61.1 Å². The molecule has 4 aromatic rings. The zero-order valence-corrected chi connectivity index (χ0v) is 16.1. The van der Waals surface area contributed by atoms with Crippen LogP contribution in [-0.2, 0) is 0 Å². The fourth-order valence-electron chi connectivity index (χ4n) is 3.31. The number of benzene rings is 1. The molecule has 0 fully saturated rings. The Morgan fingerprint density at radius 3 is 2.54 bits per heavy atom. The summed E-state index contributed by atoms with van der Waals surface area (Å²) in [6.07, 6.45) is 5.55. The van der Waals surface area contributed by atoms with Crippen molar-refractivity contribution >= 4 is 16.7 Å². The largest absolute Gasteiger partial charge is 0.373 e. The van der Waals surface area contributed by atoms with Crippen LogP contribution in [-0.4, -0.2) is 22.0 Å². The van der Waals surface area contributed by atoms with Crippen molar-refractivity contribution < 1.29 is 0 Å². The maximum atomic E-state index is 4.71. The van der Waals surface area contributed by atoms with E-state index in [0.717, 1.165) is 50.2 Å². The number of nitrogens with zero attached hydrogens (tertiary/aromatic N) is 3. The van der Waals surface area contributed by atoms with E-state index in [2.05, 4.69) is 53.1 Å². The van der Waals surface area contributed by atoms with E-state index in [1.807, 2.05) is 49.8 Å². The van der Waals surface area contributed by atoms with Crippen molar-refractivity contribution in [3.63, 3.8) is 0 Å². The third kappa shape index (κ3) is 3.43. The summed E-state index contributed by atoms with van der Waals surface area (Å²) < 4.78 is 0. The fraction of sp³-hybridized carbons (Fsp3) is 0.125. The number of nitrogens with one attached hydrogen (secondary N) is 1. The van der Waals surface area contributed by atoms with Gasteiger partial charge in [0.05, 0.1) is 5.52 Å². The highest BCUT2D eigenvalue weighted by atomic mass is 15.0. The molecule has 1 aromatic carbocycles. The summed E-state index contributed by atoms with van der Waals surface area (Å²) in [4.78, 5) is 13.4. The van der Waals surface area contributed by atoms with Crippen molar-refractivity contribution in [2.75, 3.05) is 12.4 Å². The Balaban J connectivity index is 1.84. The monoisotopic (exact) mass is 364 g/mol. The smallest absolute Gasteiger partial charge is 0.127 e. The van der Waals surface area contributed by atoms with Crippen molar-refractivity contribution in [1.82, 2.24) is 15.0 Å². The first-order valence-corrected chi connectivity index (χ1v) is 9.13. The first-order chi connectivity index (χ1) is 13.7. The molecule has 3 aromatic heterocycles. The first kappa shape index (κ1) is 17.7. The highest BCUT2D eigenvalue weighted by molar-refractivity contribution is 5.80. The van der Waals surface area contributed by atoms with Crippen molar-refractivity contribution in [2.24, 2.45) is 0 Å². The number of rotatable bonds is 2. The molecule has 0 unspecified atom stereocenters. The molecule has 0 saturated heterocycles. The number of hydrogen-bond acceptors (Lipinski definition) is 4. The van der Waals surface area contributed by atoms with Gasteiger partial charge in [-0.25, -0.2) is 4.98 Å². The Hall–Kier alpha value is -3.71. The van der Waals surface area contributed by atoms with Gasteiger partial charge in [-0.1, -0.05) is 12.0 Å². The van der Waals surface area contributed by atoms with Crippen LogP contribution >= 0.6 is 0 Å². The summed E-state index contributed by atoms with van der Waals surface area (Å²) >= 11 is 0. The van der Waals surface area contributed by atoms with Gasteiger partial charge in [0.15, 0.2) is 0 Å². The highest BCUT2D eigenvalue weighted by Crippen LogP contribution is 2.29. The molecular formula is C24H20N4. The summed E-state index contributed by atoms with van der Waals surface area (Å²) in [5.74, 6) is 7.34. The molecule has 136 valence electrons. The van der Waals surface area contributed by atoms with Crippen LogP contribution in [0.4, 0.5) is 5.82 Å². The number of pyridine rings is 3. The molecule has 3 heterocycles. The standard InChI is InChI=1S/C24H20N4/c1-16-14-26-15-17(2)24(16)20-8-11-23(25-3)28-22(20)10-7-18-6-9-21-19(13-18)5-4-12-27-21/h4-6,8-9,11-15H,1-3H3,(H,25,28). The number of aromatic nitrogens is 3. The van der Waals surface area contributed by atoms with Gasteiger partial charge in [-0.05, 0) is 72.9 Å². The van der Waals surface area contributed by atoms with E-state index < -0.39 is 0 Å². The Morgan fingerprint density at radius 1 is 0.929 bits per heavy atom. The predicted molar refractivity (Wildman–Crippen MR) is 114 cm³/mol. The molecule has 0 aliphatic heterocycles. The van der Waals surface area contributed by atoms with Crippen molar-refractivity contribution in [3.8, 4) is 23.0 Å². The van der Waals surface area contributed by atoms with Crippen LogP contribution in [0.3, 0.4) is 0 Å². The van der Waals surface area contributed by atoms with E-state index in [1.165, 1.54) is 0 Å². The van der Waals surface area contributed by atoms with Gasteiger partial charge in [-0.15, -0.1) is 0 Å². The minimum atomic E-state index is 0.746. The Morgan fingerprint density at radius 2 is 1.75 bits per heavy atom. The zero-order chi connectivity index (χ0) is 19.5. The molecule has 0 bridgehead atoms. The molecule has 0 saturated carbocycles. The summed E-state index contributed by atoms with van der Waals surface area (Å²) in [6.45, 7) is 4.13. The molecule has 0 spiro atoms. The molecule has 0 aliphatic rings. The van der Waals surface area contributed by atoms with Gasteiger partial charge >= 0.3 is 0 Å². The van der Waals surface area contributed by atoms with Crippen LogP contribution in [0.25, 0.3) is 22.0 Å². The normalized spacial score (nSPS) is 10.4. The molecule has 0 atom stereocenters. The van der Waals surface area contributed by atoms with E-state index >= 15 is 0 Å². The lowest BCUT2D eigenvalue weighted by Crippen LogP contribution is -1.99. The number of anilines is 1. The number of fused-ring (bicyclic) bond motifs is 1. The molecule has 1 N–H and O–H groups in total. The summed E-state index contributed by atoms with van der Waals surface area (Å²) in [5, 5.41) is 4.17. The molecule has 4 rings (SSSR count). The molecule has 0 aliphatic carbocycles. The quantitative estimate of drug-likeness (QED) is 0.522. The maximum absolute atomic E-state index is 4.71. The van der Waals surface area contributed by atoms with Crippen LogP contribution in [0.1, 0.15) is 22.4 Å². The van der Waals surface area contributed by atoms with Gasteiger partial charge in [0.2, 0.25) is 0 Å². The molecule has 4 nitrogen and oxygen atoms in total. The van der Waals surface area contributed by atoms with Gasteiger partial charge in [0.1, 0.15) is 11.5 Å². The second-order valence-corrected chi connectivity index (χ2v) is 6.65. The van der Waals surface area contributed by atoms with Crippen LogP contribution in [0, 0.1) is 25.7 Å². The third-order valence-electron chi connectivity index (χ3n) is 4.67. The topological polar surface area (TPSA) is 50.7 Å². The maximum Gasteiger partial charge on any atom is 0.127 e. The van der Waals surface area contributed by atoms with Crippen LogP contribution in [0.2, 0.25) is 0 Å². The lowest BCUT2D eigenvalue weighted by Gasteiger charge is -2.12. The van der Waals surface area contributed by atoms with Crippen molar-refractivity contribution in [1.29, 1.82) is 0 Å². The number of aryl methyl sites for hydroxylation is 2. The Labute approximate surface area is 164 Å². The molecule has 0 radical (unpaired) electrons. The predicted octanol–water partition coefficient (Wildman–Crippen LogP) is 4.75. The van der Waals surface area contributed by atoms with Crippen molar-refractivity contribution in [3.05, 3.63) is 83.4 Å². The van der Waals surface area contributed by atoms with E-state index in [-0.39, 0.29) is 0 Å². The van der Waals surface area contributed by atoms with Gasteiger partial charge in [-0.2, -0.15) is 0 Å². The van der Waals surface area contributed by atoms with Crippen molar-refractivity contribution in [2.45, 2.75) is 13.8 Å². The average Bonchev–Trinajstić information content (AvgIpc) is 2.72. The van der Waals surface area contributed by atoms with Gasteiger partial charge in [0.25, 0.3) is 0 Å². The van der Waals surface area contributed by atoms with E-state index in [0.29, 0.717) is 0 Å². The summed E-state index contributed by atoms with van der Waals surface area (Å²) in [7, 11) is 1.86. The fourth-order valence-corrected chi connectivity index (χ4v) is 3.31. The second-order valence-electron chi connectivity index (χ2n) is 6.65. The van der Waals surface area contributed by atoms with E-state index in [1.54, 1.807) is 6.20 Å². The van der Waals surface area contributed by atoms with Gasteiger partial charge in [0, 0.05) is 42.2 Å². The summed E-state index contributed by atoms with van der Waals surface area (Å²) in [6, 6.07) is 14.1. The highest BCUT2D eigenvalue weighted by Gasteiger charge is 2.11. The molecule has 4 heteroatoms. The van der Waals surface area contributed by atoms with E-state index in [4.69, 9.17) is 4.98 Å². The average molecular weight is 364 g/mol. The molecule has 28 heavy (non-hydrogen) atoms. The zero-order valence-electron chi connectivity index (χ0n) is 16.1.